The Morgan fingerprint density at radius 3 is 2.60 bits per heavy atom. The summed E-state index contributed by atoms with van der Waals surface area (Å²) in [4.78, 5) is 23.1. The number of nitrogens with zero attached hydrogens (tertiary/aromatic N) is 3. The first kappa shape index (κ1) is 21.0. The molecule has 0 saturated carbocycles. The molecule has 3 aromatic carbocycles. The molecule has 1 aliphatic rings. The van der Waals surface area contributed by atoms with E-state index in [0.717, 1.165) is 27.9 Å². The van der Waals surface area contributed by atoms with Crippen molar-refractivity contribution in [3.8, 4) is 17.2 Å². The number of nitrogens with two attached hydrogens (primary N) is 1. The van der Waals surface area contributed by atoms with Gasteiger partial charge in [-0.2, -0.15) is 0 Å². The van der Waals surface area contributed by atoms with Crippen LogP contribution in [0.2, 0.25) is 0 Å². The van der Waals surface area contributed by atoms with Crippen molar-refractivity contribution >= 4 is 33.9 Å². The zero-order valence-corrected chi connectivity index (χ0v) is 19.3. The molecule has 0 radical (unpaired) electrons. The number of aromatic nitrogens is 3. The van der Waals surface area contributed by atoms with Gasteiger partial charge in [0.1, 0.15) is 16.9 Å². The third kappa shape index (κ3) is 3.42. The van der Waals surface area contributed by atoms with Crippen LogP contribution in [-0.2, 0) is 6.54 Å². The molecule has 6 rings (SSSR count). The summed E-state index contributed by atoms with van der Waals surface area (Å²) in [6, 6.07) is 19.2. The van der Waals surface area contributed by atoms with E-state index in [1.165, 1.54) is 0 Å². The highest BCUT2D eigenvalue weighted by molar-refractivity contribution is 6.11. The molecular formula is C27H23N5O3. The lowest BCUT2D eigenvalue weighted by molar-refractivity contribution is 0.0953. The molecule has 8 nitrogen and oxygen atoms in total. The van der Waals surface area contributed by atoms with Gasteiger partial charge in [0.25, 0.3) is 5.91 Å². The molecule has 3 heterocycles. The minimum atomic E-state index is -0.321. The van der Waals surface area contributed by atoms with Gasteiger partial charge in [-0.25, -0.2) is 9.97 Å². The first-order chi connectivity index (χ1) is 17.0. The number of hydrogen-bond donors (Lipinski definition) is 2. The molecule has 8 heteroatoms. The van der Waals surface area contributed by atoms with E-state index in [-0.39, 0.29) is 12.7 Å². The Morgan fingerprint density at radius 1 is 1.00 bits per heavy atom. The number of fused-ring (bicyclic) bond motifs is 3. The van der Waals surface area contributed by atoms with Crippen LogP contribution in [0, 0.1) is 13.8 Å². The number of para-hydroxylation sites is 2. The number of anilines is 1. The van der Waals surface area contributed by atoms with Crippen LogP contribution in [0.25, 0.3) is 27.9 Å². The Bertz CT molecular complexity index is 1640. The van der Waals surface area contributed by atoms with Crippen molar-refractivity contribution in [3.63, 3.8) is 0 Å². The van der Waals surface area contributed by atoms with Crippen molar-refractivity contribution in [1.29, 1.82) is 0 Å². The van der Waals surface area contributed by atoms with Gasteiger partial charge in [-0.3, -0.25) is 9.36 Å². The van der Waals surface area contributed by atoms with E-state index in [2.05, 4.69) is 5.32 Å². The minimum Gasteiger partial charge on any atom is -0.454 e. The van der Waals surface area contributed by atoms with Crippen molar-refractivity contribution in [2.24, 2.45) is 0 Å². The molecule has 0 unspecified atom stereocenters. The van der Waals surface area contributed by atoms with E-state index in [0.29, 0.717) is 46.1 Å². The van der Waals surface area contributed by atoms with Gasteiger partial charge in [0.15, 0.2) is 17.1 Å². The van der Waals surface area contributed by atoms with Crippen molar-refractivity contribution in [1.82, 2.24) is 19.9 Å². The van der Waals surface area contributed by atoms with Crippen molar-refractivity contribution < 1.29 is 14.3 Å². The van der Waals surface area contributed by atoms with Crippen LogP contribution in [0.5, 0.6) is 11.5 Å². The van der Waals surface area contributed by atoms with Gasteiger partial charge in [0, 0.05) is 6.54 Å². The second-order valence-electron chi connectivity index (χ2n) is 8.57. The Morgan fingerprint density at radius 2 is 1.77 bits per heavy atom. The Hall–Kier alpha value is -4.59. The number of carbonyl (C=O) groups excluding carboxylic acids is 1. The molecule has 0 saturated heterocycles. The molecule has 0 bridgehead atoms. The van der Waals surface area contributed by atoms with E-state index in [9.17, 15) is 4.79 Å². The lowest BCUT2D eigenvalue weighted by Crippen LogP contribution is -2.24. The number of hydrogen-bond acceptors (Lipinski definition) is 6. The van der Waals surface area contributed by atoms with Gasteiger partial charge in [0.2, 0.25) is 6.79 Å². The zero-order valence-electron chi connectivity index (χ0n) is 19.3. The van der Waals surface area contributed by atoms with Crippen LogP contribution in [0.4, 0.5) is 5.82 Å². The van der Waals surface area contributed by atoms with Crippen LogP contribution in [0.1, 0.15) is 27.0 Å². The number of nitrogens with one attached hydrogen (secondary N) is 1. The fourth-order valence-corrected chi connectivity index (χ4v) is 4.43. The molecule has 35 heavy (non-hydrogen) atoms. The summed E-state index contributed by atoms with van der Waals surface area (Å²) in [5.41, 5.74) is 13.3. The molecule has 1 amide bonds. The van der Waals surface area contributed by atoms with Crippen molar-refractivity contribution in [2.45, 2.75) is 20.4 Å². The molecule has 0 aliphatic carbocycles. The van der Waals surface area contributed by atoms with E-state index < -0.39 is 0 Å². The van der Waals surface area contributed by atoms with E-state index in [1.54, 1.807) is 0 Å². The van der Waals surface area contributed by atoms with Crippen LogP contribution >= 0.6 is 0 Å². The summed E-state index contributed by atoms with van der Waals surface area (Å²) in [6.45, 7) is 4.57. The number of rotatable bonds is 4. The predicted octanol–water partition coefficient (Wildman–Crippen LogP) is 4.43. The number of benzene rings is 3. The highest BCUT2D eigenvalue weighted by atomic mass is 16.7. The first-order valence-electron chi connectivity index (χ1n) is 11.3. The highest BCUT2D eigenvalue weighted by Crippen LogP contribution is 2.34. The van der Waals surface area contributed by atoms with E-state index in [4.69, 9.17) is 25.2 Å². The quantitative estimate of drug-likeness (QED) is 0.407. The number of ether oxygens (including phenoxy) is 2. The predicted molar refractivity (Wildman–Crippen MR) is 134 cm³/mol. The topological polar surface area (TPSA) is 104 Å². The van der Waals surface area contributed by atoms with Crippen molar-refractivity contribution in [3.05, 3.63) is 82.9 Å². The normalized spacial score (nSPS) is 12.4. The smallest absolute Gasteiger partial charge is 0.257 e. The SMILES string of the molecule is Cc1cccc(-n2c(N)c(C(=O)NCc3ccc4c(c3)OCO4)c3nc4ccccc4nc32)c1C. The van der Waals surface area contributed by atoms with Gasteiger partial charge in [0.05, 0.1) is 16.7 Å². The van der Waals surface area contributed by atoms with Crippen LogP contribution in [-0.4, -0.2) is 27.2 Å². The van der Waals surface area contributed by atoms with Crippen molar-refractivity contribution in [2.75, 3.05) is 12.5 Å². The lowest BCUT2D eigenvalue weighted by Gasteiger charge is -2.13. The molecule has 3 N–H and O–H groups in total. The van der Waals surface area contributed by atoms with E-state index in [1.807, 2.05) is 79.1 Å². The van der Waals surface area contributed by atoms with Crippen LogP contribution in [0.3, 0.4) is 0 Å². The zero-order chi connectivity index (χ0) is 24.1. The third-order valence-corrected chi connectivity index (χ3v) is 6.43. The number of aryl methyl sites for hydroxylation is 1. The Labute approximate surface area is 201 Å². The lowest BCUT2D eigenvalue weighted by atomic mass is 10.1. The summed E-state index contributed by atoms with van der Waals surface area (Å²) in [5.74, 6) is 1.34. The molecule has 0 fully saturated rings. The average molecular weight is 466 g/mol. The number of carbonyl (C=O) groups is 1. The summed E-state index contributed by atoms with van der Waals surface area (Å²) < 4.78 is 12.6. The molecule has 0 atom stereocenters. The Balaban J connectivity index is 1.47. The van der Waals surface area contributed by atoms with Crippen LogP contribution in [0.15, 0.2) is 60.7 Å². The first-order valence-corrected chi connectivity index (χ1v) is 11.3. The Kier molecular flexibility index (Phi) is 4.81. The van der Waals surface area contributed by atoms with Crippen LogP contribution < -0.4 is 20.5 Å². The fraction of sp³-hybridized carbons (Fsp3) is 0.148. The summed E-state index contributed by atoms with van der Waals surface area (Å²) in [7, 11) is 0. The largest absolute Gasteiger partial charge is 0.454 e. The highest BCUT2D eigenvalue weighted by Gasteiger charge is 2.25. The molecule has 0 spiro atoms. The maximum atomic E-state index is 13.5. The molecule has 174 valence electrons. The molecular weight excluding hydrogens is 442 g/mol. The number of amides is 1. The molecule has 5 aromatic rings. The maximum absolute atomic E-state index is 13.5. The summed E-state index contributed by atoms with van der Waals surface area (Å²) in [5, 5.41) is 2.98. The monoisotopic (exact) mass is 465 g/mol. The second-order valence-corrected chi connectivity index (χ2v) is 8.57. The maximum Gasteiger partial charge on any atom is 0.257 e. The average Bonchev–Trinajstić information content (AvgIpc) is 3.44. The number of nitrogen functional groups attached to an aromatic ring is 1. The van der Waals surface area contributed by atoms with Gasteiger partial charge in [-0.15, -0.1) is 0 Å². The molecule has 1 aliphatic heterocycles. The van der Waals surface area contributed by atoms with Gasteiger partial charge in [-0.1, -0.05) is 30.3 Å². The standard InChI is InChI=1S/C27H23N5O3/c1-15-6-5-9-20(16(15)2)32-25(28)23(24-26(32)31-19-8-4-3-7-18(19)30-24)27(33)29-13-17-10-11-21-22(12-17)35-14-34-21/h3-12H,13-14,28H2,1-2H3,(H,29,33). The summed E-state index contributed by atoms with van der Waals surface area (Å²) >= 11 is 0. The fourth-order valence-electron chi connectivity index (χ4n) is 4.43. The minimum absolute atomic E-state index is 0.201. The second kappa shape index (κ2) is 8.02. The molecule has 2 aromatic heterocycles. The van der Waals surface area contributed by atoms with E-state index >= 15 is 0 Å². The van der Waals surface area contributed by atoms with Gasteiger partial charge in [-0.05, 0) is 60.9 Å². The van der Waals surface area contributed by atoms with Gasteiger partial charge < -0.3 is 20.5 Å². The summed E-state index contributed by atoms with van der Waals surface area (Å²) in [6.07, 6.45) is 0. The van der Waals surface area contributed by atoms with Gasteiger partial charge >= 0.3 is 0 Å². The third-order valence-electron chi connectivity index (χ3n) is 6.43.